The van der Waals surface area contributed by atoms with Gasteiger partial charge in [0.15, 0.2) is 0 Å². The van der Waals surface area contributed by atoms with Crippen molar-refractivity contribution in [3.05, 3.63) is 47.0 Å². The number of fused-ring (bicyclic) bond motifs is 2. The maximum absolute atomic E-state index is 13.9. The second-order valence-electron chi connectivity index (χ2n) is 13.0. The standard InChI is InChI=1S/C32H39NO8/c1-16-10-11-20-22-14-19-15-31(20,37)28-25(30(36)39-4)27(41-29(35)18-8-6-5-7-9-18)24-21(32(19,28)33(16)22)12-13-23(26(24)38-3)40-17(2)34/h5-9,16,19-24,26-27,37H,10-15H2,1-4H3. The number of piperidine rings is 2. The third-order valence-corrected chi connectivity index (χ3v) is 11.5. The van der Waals surface area contributed by atoms with Crippen LogP contribution in [0.5, 0.6) is 0 Å². The lowest BCUT2D eigenvalue weighted by molar-refractivity contribution is -0.193. The number of carbonyl (C=O) groups is 3. The van der Waals surface area contributed by atoms with Crippen molar-refractivity contribution in [3.8, 4) is 0 Å². The molecular formula is C32H39NO8. The SMILES string of the molecule is COC(=O)C1=C2C3(O)CC4CC5C3CCC(C)N5C24C2CCC(OC(C)=O)C(OC)C2C1OC(=O)c1ccccc1. The molecule has 220 valence electrons. The van der Waals surface area contributed by atoms with Crippen molar-refractivity contribution in [1.29, 1.82) is 0 Å². The third kappa shape index (κ3) is 3.42. The van der Waals surface area contributed by atoms with E-state index in [0.717, 1.165) is 24.8 Å². The van der Waals surface area contributed by atoms with Crippen LogP contribution >= 0.6 is 0 Å². The largest absolute Gasteiger partial charge is 0.466 e. The average molecular weight is 566 g/mol. The van der Waals surface area contributed by atoms with E-state index in [1.54, 1.807) is 31.4 Å². The summed E-state index contributed by atoms with van der Waals surface area (Å²) in [6.07, 6.45) is 2.48. The van der Waals surface area contributed by atoms with Gasteiger partial charge in [0.1, 0.15) is 18.3 Å². The van der Waals surface area contributed by atoms with Crippen molar-refractivity contribution in [2.45, 2.75) is 93.9 Å². The molecule has 12 atom stereocenters. The molecule has 1 spiro atoms. The molecule has 9 nitrogen and oxygen atoms in total. The molecule has 1 aromatic carbocycles. The van der Waals surface area contributed by atoms with E-state index >= 15 is 0 Å². The second kappa shape index (κ2) is 9.38. The number of benzene rings is 1. The van der Waals surface area contributed by atoms with Crippen LogP contribution in [0.2, 0.25) is 0 Å². The van der Waals surface area contributed by atoms with Gasteiger partial charge in [-0.1, -0.05) is 18.2 Å². The molecule has 1 aromatic rings. The van der Waals surface area contributed by atoms with Crippen LogP contribution in [0.25, 0.3) is 0 Å². The van der Waals surface area contributed by atoms with Crippen LogP contribution in [0, 0.1) is 23.7 Å². The van der Waals surface area contributed by atoms with Gasteiger partial charge in [-0.3, -0.25) is 9.69 Å². The molecule has 0 amide bonds. The summed E-state index contributed by atoms with van der Waals surface area (Å²) in [6, 6.07) is 9.21. The summed E-state index contributed by atoms with van der Waals surface area (Å²) in [5, 5.41) is 12.6. The summed E-state index contributed by atoms with van der Waals surface area (Å²) in [5.41, 5.74) is -0.400. The predicted octanol–water partition coefficient (Wildman–Crippen LogP) is 3.04. The number of carbonyl (C=O) groups excluding carboxylic acids is 3. The van der Waals surface area contributed by atoms with E-state index in [-0.39, 0.29) is 35.4 Å². The van der Waals surface area contributed by atoms with Gasteiger partial charge in [-0.15, -0.1) is 0 Å². The van der Waals surface area contributed by atoms with Gasteiger partial charge < -0.3 is 24.1 Å². The highest BCUT2D eigenvalue weighted by Crippen LogP contribution is 2.75. The Hall–Kier alpha value is -2.75. The van der Waals surface area contributed by atoms with E-state index in [1.165, 1.54) is 14.0 Å². The van der Waals surface area contributed by atoms with Crippen LogP contribution in [0.3, 0.4) is 0 Å². The summed E-state index contributed by atoms with van der Waals surface area (Å²) in [5.74, 6) is -1.97. The van der Waals surface area contributed by atoms with Crippen LogP contribution in [0.4, 0.5) is 0 Å². The normalized spacial score (nSPS) is 45.1. The molecular weight excluding hydrogens is 526 g/mol. The fourth-order valence-electron chi connectivity index (χ4n) is 10.6. The number of aliphatic hydroxyl groups is 1. The van der Waals surface area contributed by atoms with Crippen molar-refractivity contribution in [2.24, 2.45) is 23.7 Å². The van der Waals surface area contributed by atoms with Gasteiger partial charge in [0.25, 0.3) is 0 Å². The zero-order chi connectivity index (χ0) is 28.8. The van der Waals surface area contributed by atoms with Gasteiger partial charge in [0.2, 0.25) is 0 Å². The van der Waals surface area contributed by atoms with Gasteiger partial charge in [0.05, 0.1) is 29.4 Å². The van der Waals surface area contributed by atoms with Crippen molar-refractivity contribution in [2.75, 3.05) is 14.2 Å². The van der Waals surface area contributed by atoms with E-state index < -0.39 is 53.3 Å². The Labute approximate surface area is 240 Å². The van der Waals surface area contributed by atoms with E-state index in [2.05, 4.69) is 11.8 Å². The molecule has 1 N–H and O–H groups in total. The van der Waals surface area contributed by atoms with Crippen LogP contribution < -0.4 is 0 Å². The van der Waals surface area contributed by atoms with Crippen LogP contribution in [-0.4, -0.2) is 83.7 Å². The summed E-state index contributed by atoms with van der Waals surface area (Å²) < 4.78 is 23.6. The Kier molecular flexibility index (Phi) is 6.20. The summed E-state index contributed by atoms with van der Waals surface area (Å²) in [4.78, 5) is 42.3. The average Bonchev–Trinajstić information content (AvgIpc) is 3.36. The first-order valence-corrected chi connectivity index (χ1v) is 15.0. The lowest BCUT2D eigenvalue weighted by atomic mass is 9.52. The molecule has 6 aliphatic rings. The Bertz CT molecular complexity index is 1310. The lowest BCUT2D eigenvalue weighted by Crippen LogP contribution is -2.74. The number of ether oxygens (including phenoxy) is 4. The molecule has 41 heavy (non-hydrogen) atoms. The van der Waals surface area contributed by atoms with Crippen molar-refractivity contribution in [3.63, 3.8) is 0 Å². The Morgan fingerprint density at radius 3 is 2.39 bits per heavy atom. The van der Waals surface area contributed by atoms with E-state index in [0.29, 0.717) is 24.8 Å². The zero-order valence-corrected chi connectivity index (χ0v) is 24.1. The van der Waals surface area contributed by atoms with Gasteiger partial charge in [-0.2, -0.15) is 0 Å². The Morgan fingerprint density at radius 2 is 1.71 bits per heavy atom. The minimum Gasteiger partial charge on any atom is -0.466 e. The monoisotopic (exact) mass is 565 g/mol. The Morgan fingerprint density at radius 1 is 0.976 bits per heavy atom. The highest BCUT2D eigenvalue weighted by Gasteiger charge is 2.81. The lowest BCUT2D eigenvalue weighted by Gasteiger charge is -2.65. The quantitative estimate of drug-likeness (QED) is 0.425. The van der Waals surface area contributed by atoms with Crippen LogP contribution in [-0.2, 0) is 28.5 Å². The topological polar surface area (TPSA) is 112 Å². The van der Waals surface area contributed by atoms with E-state index in [1.807, 2.05) is 6.07 Å². The smallest absolute Gasteiger partial charge is 0.338 e. The Balaban J connectivity index is 1.47. The molecule has 3 heterocycles. The molecule has 3 saturated heterocycles. The highest BCUT2D eigenvalue weighted by atomic mass is 16.6. The first-order valence-electron chi connectivity index (χ1n) is 15.0. The second-order valence-corrected chi connectivity index (χ2v) is 13.0. The van der Waals surface area contributed by atoms with Crippen molar-refractivity contribution in [1.82, 2.24) is 4.90 Å². The number of hydrogen-bond donors (Lipinski definition) is 1. The number of esters is 3. The van der Waals surface area contributed by atoms with E-state index in [9.17, 15) is 19.5 Å². The fraction of sp³-hybridized carbons (Fsp3) is 0.656. The van der Waals surface area contributed by atoms with E-state index in [4.69, 9.17) is 18.9 Å². The van der Waals surface area contributed by atoms with Crippen molar-refractivity contribution < 1.29 is 38.4 Å². The van der Waals surface area contributed by atoms with Crippen molar-refractivity contribution >= 4 is 17.9 Å². The molecule has 5 bridgehead atoms. The van der Waals surface area contributed by atoms with Crippen LogP contribution in [0.1, 0.15) is 62.7 Å². The number of methoxy groups -OCH3 is 2. The minimum absolute atomic E-state index is 0.0119. The van der Waals surface area contributed by atoms with Crippen LogP contribution in [0.15, 0.2) is 41.5 Å². The summed E-state index contributed by atoms with van der Waals surface area (Å²) >= 11 is 0. The molecule has 5 fully saturated rings. The molecule has 3 aliphatic carbocycles. The summed E-state index contributed by atoms with van der Waals surface area (Å²) in [7, 11) is 2.92. The molecule has 3 aliphatic heterocycles. The molecule has 7 rings (SSSR count). The number of hydrogen-bond acceptors (Lipinski definition) is 9. The maximum Gasteiger partial charge on any atom is 0.338 e. The van der Waals surface area contributed by atoms with Gasteiger partial charge in [-0.25, -0.2) is 9.59 Å². The van der Waals surface area contributed by atoms with Gasteiger partial charge in [-0.05, 0) is 75.0 Å². The molecule has 12 unspecified atom stereocenters. The predicted molar refractivity (Wildman–Crippen MR) is 145 cm³/mol. The van der Waals surface area contributed by atoms with Gasteiger partial charge >= 0.3 is 17.9 Å². The third-order valence-electron chi connectivity index (χ3n) is 11.5. The summed E-state index contributed by atoms with van der Waals surface area (Å²) in [6.45, 7) is 3.64. The molecule has 0 aromatic heterocycles. The van der Waals surface area contributed by atoms with Gasteiger partial charge in [0, 0.05) is 38.0 Å². The fourth-order valence-corrected chi connectivity index (χ4v) is 10.6. The highest BCUT2D eigenvalue weighted by molar-refractivity contribution is 5.95. The molecule has 9 heteroatoms. The number of rotatable bonds is 5. The molecule has 0 radical (unpaired) electrons. The first-order chi connectivity index (χ1) is 19.7. The first kappa shape index (κ1) is 27.1. The maximum atomic E-state index is 13.9. The minimum atomic E-state index is -1.16. The molecule has 2 saturated carbocycles. The number of nitrogens with zero attached hydrogens (tertiary/aromatic N) is 1. The zero-order valence-electron chi connectivity index (χ0n) is 24.1.